The van der Waals surface area contributed by atoms with Gasteiger partial charge in [0, 0.05) is 32.1 Å². The molecule has 0 saturated carbocycles. The smallest absolute Gasteiger partial charge is 0.246 e. The summed E-state index contributed by atoms with van der Waals surface area (Å²) in [4.78, 5) is 14.4. The lowest BCUT2D eigenvalue weighted by Gasteiger charge is -2.35. The van der Waals surface area contributed by atoms with E-state index in [9.17, 15) is 13.2 Å². The number of nitrogens with one attached hydrogen (secondary N) is 1. The number of rotatable bonds is 5. The molecule has 0 aromatic carbocycles. The van der Waals surface area contributed by atoms with E-state index < -0.39 is 10.0 Å². The van der Waals surface area contributed by atoms with E-state index in [1.54, 1.807) is 18.7 Å². The fraction of sp³-hybridized carbons (Fsp3) is 0.733. The molecule has 1 aromatic rings. The van der Waals surface area contributed by atoms with Crippen molar-refractivity contribution in [3.63, 3.8) is 0 Å². The summed E-state index contributed by atoms with van der Waals surface area (Å²) < 4.78 is 27.0. The molecule has 1 aromatic heterocycles. The molecule has 0 spiro atoms. The Balaban J connectivity index is 2.09. The highest BCUT2D eigenvalue weighted by Crippen LogP contribution is 2.23. The second-order valence-corrected chi connectivity index (χ2v) is 7.88. The van der Waals surface area contributed by atoms with Crippen LogP contribution < -0.4 is 0 Å². The number of hydrogen-bond acceptors (Lipinski definition) is 4. The first-order valence-electron chi connectivity index (χ1n) is 8.13. The first-order valence-corrected chi connectivity index (χ1v) is 9.57. The Bertz CT molecular complexity index is 637. The number of carbonyl (C=O) groups is 1. The van der Waals surface area contributed by atoms with Gasteiger partial charge in [-0.05, 0) is 26.7 Å². The predicted molar refractivity (Wildman–Crippen MR) is 87.5 cm³/mol. The van der Waals surface area contributed by atoms with Gasteiger partial charge in [0.05, 0.1) is 11.4 Å². The maximum Gasteiger partial charge on any atom is 0.246 e. The zero-order valence-electron chi connectivity index (χ0n) is 14.3. The molecule has 1 aliphatic heterocycles. The van der Waals surface area contributed by atoms with Crippen molar-refractivity contribution in [3.8, 4) is 0 Å². The molecule has 7 nitrogen and oxygen atoms in total. The molecular formula is C15H26N4O3S. The first-order chi connectivity index (χ1) is 10.8. The minimum absolute atomic E-state index is 0.0384. The molecule has 8 heteroatoms. The SMILES string of the molecule is CCC(CC)C(=O)N1CCN(S(=O)(=O)c2c(C)n[nH]c2C)CC1. The van der Waals surface area contributed by atoms with Crippen molar-refractivity contribution in [2.75, 3.05) is 26.2 Å². The van der Waals surface area contributed by atoms with Gasteiger partial charge in [-0.15, -0.1) is 0 Å². The average Bonchev–Trinajstić information content (AvgIpc) is 2.88. The summed E-state index contributed by atoms with van der Waals surface area (Å²) in [5.74, 6) is 0.180. The predicted octanol–water partition coefficient (Wildman–Crippen LogP) is 1.30. The number of aryl methyl sites for hydroxylation is 2. The lowest BCUT2D eigenvalue weighted by atomic mass is 10.0. The molecular weight excluding hydrogens is 316 g/mol. The Labute approximate surface area is 138 Å². The van der Waals surface area contributed by atoms with Crippen molar-refractivity contribution < 1.29 is 13.2 Å². The summed E-state index contributed by atoms with van der Waals surface area (Å²) in [7, 11) is -3.56. The monoisotopic (exact) mass is 342 g/mol. The minimum atomic E-state index is -3.56. The quantitative estimate of drug-likeness (QED) is 0.874. The van der Waals surface area contributed by atoms with E-state index in [0.29, 0.717) is 37.6 Å². The van der Waals surface area contributed by atoms with Crippen molar-refractivity contribution in [1.29, 1.82) is 0 Å². The zero-order valence-corrected chi connectivity index (χ0v) is 15.1. The van der Waals surface area contributed by atoms with E-state index in [4.69, 9.17) is 0 Å². The molecule has 1 aliphatic rings. The Kier molecular flexibility index (Phi) is 5.46. The van der Waals surface area contributed by atoms with Gasteiger partial charge in [0.2, 0.25) is 15.9 Å². The summed E-state index contributed by atoms with van der Waals surface area (Å²) in [6.45, 7) is 8.98. The van der Waals surface area contributed by atoms with Crippen LogP contribution in [-0.2, 0) is 14.8 Å². The summed E-state index contributed by atoms with van der Waals surface area (Å²) in [5.41, 5.74) is 1.04. The number of hydrogen-bond donors (Lipinski definition) is 1. The Hall–Kier alpha value is -1.41. The average molecular weight is 342 g/mol. The molecule has 2 rings (SSSR count). The van der Waals surface area contributed by atoms with Gasteiger partial charge in [-0.1, -0.05) is 13.8 Å². The minimum Gasteiger partial charge on any atom is -0.340 e. The third-order valence-electron chi connectivity index (χ3n) is 4.54. The molecule has 0 radical (unpaired) electrons. The van der Waals surface area contributed by atoms with Crippen LogP contribution in [0.15, 0.2) is 4.90 Å². The van der Waals surface area contributed by atoms with Crippen LogP contribution in [0, 0.1) is 19.8 Å². The number of H-pyrrole nitrogens is 1. The van der Waals surface area contributed by atoms with E-state index in [2.05, 4.69) is 10.2 Å². The highest BCUT2D eigenvalue weighted by Gasteiger charge is 2.34. The number of aromatic amines is 1. The summed E-state index contributed by atoms with van der Waals surface area (Å²) in [6.07, 6.45) is 1.64. The van der Waals surface area contributed by atoms with Crippen molar-refractivity contribution in [3.05, 3.63) is 11.4 Å². The van der Waals surface area contributed by atoms with Crippen molar-refractivity contribution in [1.82, 2.24) is 19.4 Å². The van der Waals surface area contributed by atoms with Crippen LogP contribution in [0.1, 0.15) is 38.1 Å². The van der Waals surface area contributed by atoms with E-state index in [0.717, 1.165) is 12.8 Å². The lowest BCUT2D eigenvalue weighted by molar-refractivity contribution is -0.136. The first kappa shape index (κ1) is 17.9. The molecule has 23 heavy (non-hydrogen) atoms. The number of nitrogens with zero attached hydrogens (tertiary/aromatic N) is 3. The molecule has 130 valence electrons. The van der Waals surface area contributed by atoms with Gasteiger partial charge in [0.15, 0.2) is 0 Å². The van der Waals surface area contributed by atoms with E-state index in [1.165, 1.54) is 4.31 Å². The maximum atomic E-state index is 12.8. The molecule has 1 fully saturated rings. The second kappa shape index (κ2) is 7.00. The number of sulfonamides is 1. The van der Waals surface area contributed by atoms with Crippen LogP contribution in [0.4, 0.5) is 0 Å². The van der Waals surface area contributed by atoms with Crippen molar-refractivity contribution in [2.45, 2.75) is 45.4 Å². The number of amides is 1. The zero-order chi connectivity index (χ0) is 17.2. The third-order valence-corrected chi connectivity index (χ3v) is 6.71. The fourth-order valence-electron chi connectivity index (χ4n) is 3.09. The standard InChI is InChI=1S/C15H26N4O3S/c1-5-13(6-2)15(20)18-7-9-19(10-8-18)23(21,22)14-11(3)16-17-12(14)4/h13H,5-10H2,1-4H3,(H,16,17). The molecule has 1 saturated heterocycles. The molecule has 0 aliphatic carbocycles. The molecule has 0 bridgehead atoms. The van der Waals surface area contributed by atoms with E-state index in [-0.39, 0.29) is 16.7 Å². The van der Waals surface area contributed by atoms with Crippen LogP contribution in [-0.4, -0.2) is 59.9 Å². The van der Waals surface area contributed by atoms with E-state index in [1.807, 2.05) is 13.8 Å². The second-order valence-electron chi connectivity index (χ2n) is 6.01. The molecule has 1 amide bonds. The summed E-state index contributed by atoms with van der Waals surface area (Å²) in [6, 6.07) is 0. The van der Waals surface area contributed by atoms with Gasteiger partial charge in [-0.3, -0.25) is 9.89 Å². The van der Waals surface area contributed by atoms with Crippen LogP contribution >= 0.6 is 0 Å². The molecule has 2 heterocycles. The highest BCUT2D eigenvalue weighted by molar-refractivity contribution is 7.89. The molecule has 0 unspecified atom stereocenters. The van der Waals surface area contributed by atoms with Crippen molar-refractivity contribution >= 4 is 15.9 Å². The van der Waals surface area contributed by atoms with Gasteiger partial charge < -0.3 is 4.90 Å². The van der Waals surface area contributed by atoms with Gasteiger partial charge >= 0.3 is 0 Å². The summed E-state index contributed by atoms with van der Waals surface area (Å²) >= 11 is 0. The van der Waals surface area contributed by atoms with E-state index >= 15 is 0 Å². The van der Waals surface area contributed by atoms with Crippen LogP contribution in [0.5, 0.6) is 0 Å². The van der Waals surface area contributed by atoms with Crippen LogP contribution in [0.3, 0.4) is 0 Å². The lowest BCUT2D eigenvalue weighted by Crippen LogP contribution is -2.51. The van der Waals surface area contributed by atoms with Crippen LogP contribution in [0.2, 0.25) is 0 Å². The highest BCUT2D eigenvalue weighted by atomic mass is 32.2. The van der Waals surface area contributed by atoms with Gasteiger partial charge in [0.1, 0.15) is 4.90 Å². The summed E-state index contributed by atoms with van der Waals surface area (Å²) in [5, 5.41) is 6.69. The van der Waals surface area contributed by atoms with Crippen LogP contribution in [0.25, 0.3) is 0 Å². The van der Waals surface area contributed by atoms with Crippen molar-refractivity contribution in [2.24, 2.45) is 5.92 Å². The normalized spacial score (nSPS) is 17.0. The molecule has 0 atom stereocenters. The Morgan fingerprint density at radius 3 is 2.17 bits per heavy atom. The largest absolute Gasteiger partial charge is 0.340 e. The van der Waals surface area contributed by atoms with Gasteiger partial charge in [-0.25, -0.2) is 8.42 Å². The number of aromatic nitrogens is 2. The van der Waals surface area contributed by atoms with Gasteiger partial charge in [0.25, 0.3) is 0 Å². The number of carbonyl (C=O) groups excluding carboxylic acids is 1. The Morgan fingerprint density at radius 1 is 1.17 bits per heavy atom. The third kappa shape index (κ3) is 3.42. The van der Waals surface area contributed by atoms with Gasteiger partial charge in [-0.2, -0.15) is 9.40 Å². The number of piperazine rings is 1. The molecule has 1 N–H and O–H groups in total. The Morgan fingerprint density at radius 2 is 1.74 bits per heavy atom. The fourth-order valence-corrected chi connectivity index (χ4v) is 4.85. The topological polar surface area (TPSA) is 86.4 Å². The maximum absolute atomic E-state index is 12.8.